The zero-order valence-corrected chi connectivity index (χ0v) is 13.3. The molecule has 0 fully saturated rings. The highest BCUT2D eigenvalue weighted by Crippen LogP contribution is 2.21. The fourth-order valence-electron chi connectivity index (χ4n) is 1.71. The smallest absolute Gasteiger partial charge is 0.315 e. The third-order valence-corrected chi connectivity index (χ3v) is 3.21. The van der Waals surface area contributed by atoms with E-state index in [4.69, 9.17) is 9.15 Å². The summed E-state index contributed by atoms with van der Waals surface area (Å²) in [5.41, 5.74) is 0.122. The molecule has 6 heteroatoms. The summed E-state index contributed by atoms with van der Waals surface area (Å²) in [6.07, 6.45) is 2.06. The Morgan fingerprint density at radius 1 is 1.35 bits per heavy atom. The van der Waals surface area contributed by atoms with Crippen molar-refractivity contribution in [2.24, 2.45) is 5.41 Å². The zero-order chi connectivity index (χ0) is 15.0. The first-order chi connectivity index (χ1) is 9.48. The van der Waals surface area contributed by atoms with Crippen LogP contribution in [0.5, 0.6) is 0 Å². The normalized spacial score (nSPS) is 13.4. The lowest BCUT2D eigenvalue weighted by Crippen LogP contribution is -2.24. The lowest BCUT2D eigenvalue weighted by molar-refractivity contribution is 0.156. The third-order valence-electron chi connectivity index (χ3n) is 3.21. The maximum absolute atomic E-state index is 5.62. The molecule has 0 bridgehead atoms. The van der Waals surface area contributed by atoms with Crippen LogP contribution in [-0.4, -0.2) is 37.0 Å². The molecule has 2 N–H and O–H groups in total. The first kappa shape index (κ1) is 16.9. The SMILES string of the molecule is CCCNC(C)c1nnc(NCC(C)(C)CCOC)o1. The van der Waals surface area contributed by atoms with Crippen LogP contribution in [0.3, 0.4) is 0 Å². The molecule has 6 nitrogen and oxygen atoms in total. The van der Waals surface area contributed by atoms with Crippen molar-refractivity contribution in [2.45, 2.75) is 46.6 Å². The van der Waals surface area contributed by atoms with Gasteiger partial charge < -0.3 is 19.8 Å². The van der Waals surface area contributed by atoms with Crippen LogP contribution in [0, 0.1) is 5.41 Å². The molecule has 1 atom stereocenters. The van der Waals surface area contributed by atoms with E-state index in [1.807, 2.05) is 6.92 Å². The van der Waals surface area contributed by atoms with Gasteiger partial charge in [-0.15, -0.1) is 5.10 Å². The molecule has 1 aromatic heterocycles. The van der Waals surface area contributed by atoms with Gasteiger partial charge >= 0.3 is 6.01 Å². The number of hydrogen-bond donors (Lipinski definition) is 2. The van der Waals surface area contributed by atoms with Crippen molar-refractivity contribution < 1.29 is 9.15 Å². The number of anilines is 1. The number of hydrogen-bond acceptors (Lipinski definition) is 6. The zero-order valence-electron chi connectivity index (χ0n) is 13.3. The van der Waals surface area contributed by atoms with Crippen molar-refractivity contribution in [3.63, 3.8) is 0 Å². The van der Waals surface area contributed by atoms with E-state index in [0.29, 0.717) is 11.9 Å². The average molecular weight is 284 g/mol. The van der Waals surface area contributed by atoms with E-state index in [-0.39, 0.29) is 11.5 Å². The van der Waals surface area contributed by atoms with E-state index in [2.05, 4.69) is 41.6 Å². The minimum Gasteiger partial charge on any atom is -0.406 e. The molecular weight excluding hydrogens is 256 g/mol. The Balaban J connectivity index is 2.43. The van der Waals surface area contributed by atoms with Crippen molar-refractivity contribution in [3.8, 4) is 0 Å². The predicted molar refractivity (Wildman–Crippen MR) is 79.8 cm³/mol. The Bertz CT molecular complexity index is 379. The number of nitrogens with zero attached hydrogens (tertiary/aromatic N) is 2. The van der Waals surface area contributed by atoms with E-state index in [0.717, 1.165) is 32.5 Å². The Hall–Kier alpha value is -1.14. The number of methoxy groups -OCH3 is 1. The summed E-state index contributed by atoms with van der Waals surface area (Å²) in [4.78, 5) is 0. The highest BCUT2D eigenvalue weighted by Gasteiger charge is 2.19. The molecule has 0 aliphatic heterocycles. The second kappa shape index (κ2) is 8.21. The molecule has 1 unspecified atom stereocenters. The molecule has 0 amide bonds. The van der Waals surface area contributed by atoms with Crippen LogP contribution >= 0.6 is 0 Å². The molecule has 0 aliphatic rings. The first-order valence-corrected chi connectivity index (χ1v) is 7.28. The third kappa shape index (κ3) is 5.88. The van der Waals surface area contributed by atoms with Gasteiger partial charge in [0.25, 0.3) is 0 Å². The molecule has 20 heavy (non-hydrogen) atoms. The fourth-order valence-corrected chi connectivity index (χ4v) is 1.71. The van der Waals surface area contributed by atoms with Crippen LogP contribution in [0.25, 0.3) is 0 Å². The minimum absolute atomic E-state index is 0.0829. The molecule has 0 aromatic carbocycles. The summed E-state index contributed by atoms with van der Waals surface area (Å²) in [5, 5.41) is 14.6. The molecular formula is C14H28N4O2. The maximum Gasteiger partial charge on any atom is 0.315 e. The van der Waals surface area contributed by atoms with Crippen molar-refractivity contribution in [1.29, 1.82) is 0 Å². The molecule has 1 rings (SSSR count). The first-order valence-electron chi connectivity index (χ1n) is 7.28. The van der Waals surface area contributed by atoms with Crippen LogP contribution in [-0.2, 0) is 4.74 Å². The monoisotopic (exact) mass is 284 g/mol. The Kier molecular flexibility index (Phi) is 6.95. The summed E-state index contributed by atoms with van der Waals surface area (Å²) >= 11 is 0. The quantitative estimate of drug-likeness (QED) is 0.688. The van der Waals surface area contributed by atoms with Crippen LogP contribution in [0.15, 0.2) is 4.42 Å². The predicted octanol–water partition coefficient (Wildman–Crippen LogP) is 2.60. The standard InChI is InChI=1S/C14H28N4O2/c1-6-8-15-11(2)12-17-18-13(20-12)16-10-14(3,4)7-9-19-5/h11,15H,6-10H2,1-5H3,(H,16,18). The van der Waals surface area contributed by atoms with Crippen LogP contribution in [0.1, 0.15) is 52.5 Å². The largest absolute Gasteiger partial charge is 0.406 e. The molecule has 116 valence electrons. The summed E-state index contributed by atoms with van der Waals surface area (Å²) in [7, 11) is 1.72. The van der Waals surface area contributed by atoms with Crippen molar-refractivity contribution in [2.75, 3.05) is 32.1 Å². The maximum atomic E-state index is 5.62. The highest BCUT2D eigenvalue weighted by atomic mass is 16.5. The van der Waals surface area contributed by atoms with Gasteiger partial charge in [-0.2, -0.15) is 0 Å². The van der Waals surface area contributed by atoms with Crippen molar-refractivity contribution in [1.82, 2.24) is 15.5 Å². The van der Waals surface area contributed by atoms with Crippen LogP contribution in [0.4, 0.5) is 6.01 Å². The molecule has 0 aliphatic carbocycles. The Morgan fingerprint density at radius 3 is 2.75 bits per heavy atom. The topological polar surface area (TPSA) is 72.2 Å². The van der Waals surface area contributed by atoms with E-state index in [9.17, 15) is 0 Å². The molecule has 1 heterocycles. The number of ether oxygens (including phenoxy) is 1. The van der Waals surface area contributed by atoms with Gasteiger partial charge in [0.15, 0.2) is 0 Å². The van der Waals surface area contributed by atoms with Gasteiger partial charge in [-0.25, -0.2) is 0 Å². The molecule has 0 spiro atoms. The number of aromatic nitrogens is 2. The summed E-state index contributed by atoms with van der Waals surface area (Å²) in [6, 6.07) is 0.565. The van der Waals surface area contributed by atoms with E-state index < -0.39 is 0 Å². The second-order valence-electron chi connectivity index (χ2n) is 5.88. The number of nitrogens with one attached hydrogen (secondary N) is 2. The van der Waals surface area contributed by atoms with Crippen molar-refractivity contribution >= 4 is 6.01 Å². The fraction of sp³-hybridized carbons (Fsp3) is 0.857. The summed E-state index contributed by atoms with van der Waals surface area (Å²) < 4.78 is 10.7. The van der Waals surface area contributed by atoms with Gasteiger partial charge in [-0.1, -0.05) is 25.9 Å². The van der Waals surface area contributed by atoms with Gasteiger partial charge in [0, 0.05) is 20.3 Å². The molecule has 0 saturated heterocycles. The Morgan fingerprint density at radius 2 is 2.10 bits per heavy atom. The van der Waals surface area contributed by atoms with Gasteiger partial charge in [0.2, 0.25) is 5.89 Å². The molecule has 0 radical (unpaired) electrons. The van der Waals surface area contributed by atoms with Gasteiger partial charge in [0.05, 0.1) is 6.04 Å². The molecule has 1 aromatic rings. The lowest BCUT2D eigenvalue weighted by atomic mass is 9.90. The number of rotatable bonds is 10. The summed E-state index contributed by atoms with van der Waals surface area (Å²) in [5.74, 6) is 0.621. The van der Waals surface area contributed by atoms with Crippen LogP contribution < -0.4 is 10.6 Å². The average Bonchev–Trinajstić information content (AvgIpc) is 2.89. The lowest BCUT2D eigenvalue weighted by Gasteiger charge is -2.23. The van der Waals surface area contributed by atoms with Gasteiger partial charge in [-0.3, -0.25) is 0 Å². The highest BCUT2D eigenvalue weighted by molar-refractivity contribution is 5.18. The minimum atomic E-state index is 0.0829. The second-order valence-corrected chi connectivity index (χ2v) is 5.88. The van der Waals surface area contributed by atoms with E-state index in [1.165, 1.54) is 0 Å². The van der Waals surface area contributed by atoms with Gasteiger partial charge in [-0.05, 0) is 31.7 Å². The van der Waals surface area contributed by atoms with E-state index >= 15 is 0 Å². The van der Waals surface area contributed by atoms with Crippen molar-refractivity contribution in [3.05, 3.63) is 5.89 Å². The van der Waals surface area contributed by atoms with E-state index in [1.54, 1.807) is 7.11 Å². The Labute approximate surface area is 121 Å². The van der Waals surface area contributed by atoms with Crippen LogP contribution in [0.2, 0.25) is 0 Å². The molecule has 0 saturated carbocycles. The van der Waals surface area contributed by atoms with Gasteiger partial charge in [0.1, 0.15) is 0 Å². The summed E-state index contributed by atoms with van der Waals surface area (Å²) in [6.45, 7) is 11.0.